The third-order valence-electron chi connectivity index (χ3n) is 2.09. The minimum atomic E-state index is -3.88. The zero-order valence-electron chi connectivity index (χ0n) is 8.74. The summed E-state index contributed by atoms with van der Waals surface area (Å²) in [6.07, 6.45) is 0. The minimum Gasteiger partial charge on any atom is -0.355 e. The zero-order valence-corrected chi connectivity index (χ0v) is 10.3. The highest BCUT2D eigenvalue weighted by Crippen LogP contribution is 2.24. The minimum absolute atomic E-state index is 0.140. The van der Waals surface area contributed by atoms with Gasteiger partial charge in [0.05, 0.1) is 4.90 Å². The van der Waals surface area contributed by atoms with Gasteiger partial charge in [-0.3, -0.25) is 4.79 Å². The van der Waals surface area contributed by atoms with E-state index in [-0.39, 0.29) is 15.5 Å². The lowest BCUT2D eigenvalue weighted by Crippen LogP contribution is -2.20. The molecule has 0 aliphatic heterocycles. The van der Waals surface area contributed by atoms with Crippen LogP contribution in [-0.4, -0.2) is 21.4 Å². The summed E-state index contributed by atoms with van der Waals surface area (Å²) in [5.74, 6) is -0.424. The summed E-state index contributed by atoms with van der Waals surface area (Å²) in [5, 5.41) is 7.58. The number of halogens is 1. The average Bonchev–Trinajstić information content (AvgIpc) is 2.18. The topological polar surface area (TPSA) is 89.3 Å². The van der Waals surface area contributed by atoms with E-state index in [1.165, 1.54) is 26.1 Å². The predicted molar refractivity (Wildman–Crippen MR) is 61.0 cm³/mol. The van der Waals surface area contributed by atoms with E-state index < -0.39 is 15.9 Å². The van der Waals surface area contributed by atoms with Gasteiger partial charge in [-0.2, -0.15) is 0 Å². The summed E-state index contributed by atoms with van der Waals surface area (Å²) in [6, 6.07) is 2.60. The first-order chi connectivity index (χ1) is 7.27. The maximum Gasteiger partial charge on any atom is 0.251 e. The molecular formula is C9H11ClN2O3S. The quantitative estimate of drug-likeness (QED) is 0.820. The second kappa shape index (κ2) is 4.40. The maximum absolute atomic E-state index is 11.4. The van der Waals surface area contributed by atoms with Gasteiger partial charge < -0.3 is 5.32 Å². The third-order valence-corrected chi connectivity index (χ3v) is 3.52. The second-order valence-electron chi connectivity index (χ2n) is 3.21. The summed E-state index contributed by atoms with van der Waals surface area (Å²) >= 11 is 5.83. The van der Waals surface area contributed by atoms with Crippen molar-refractivity contribution in [2.45, 2.75) is 11.8 Å². The van der Waals surface area contributed by atoms with Gasteiger partial charge >= 0.3 is 0 Å². The van der Waals surface area contributed by atoms with E-state index in [4.69, 9.17) is 16.7 Å². The van der Waals surface area contributed by atoms with E-state index >= 15 is 0 Å². The number of hydrogen-bond donors (Lipinski definition) is 2. The van der Waals surface area contributed by atoms with Crippen LogP contribution in [0.4, 0.5) is 0 Å². The number of primary sulfonamides is 1. The van der Waals surface area contributed by atoms with E-state index in [1.54, 1.807) is 0 Å². The van der Waals surface area contributed by atoms with Crippen LogP contribution in [0.25, 0.3) is 0 Å². The van der Waals surface area contributed by atoms with Crippen LogP contribution < -0.4 is 10.5 Å². The molecule has 0 saturated heterocycles. The van der Waals surface area contributed by atoms with Crippen molar-refractivity contribution in [2.75, 3.05) is 7.05 Å². The summed E-state index contributed by atoms with van der Waals surface area (Å²) < 4.78 is 22.5. The second-order valence-corrected chi connectivity index (χ2v) is 5.14. The molecule has 0 radical (unpaired) electrons. The summed E-state index contributed by atoms with van der Waals surface area (Å²) in [6.45, 7) is 1.52. The number of amides is 1. The predicted octanol–water partition coefficient (Wildman–Crippen LogP) is 0.655. The van der Waals surface area contributed by atoms with Crippen molar-refractivity contribution >= 4 is 27.5 Å². The first-order valence-corrected chi connectivity index (χ1v) is 6.25. The lowest BCUT2D eigenvalue weighted by molar-refractivity contribution is 0.0963. The average molecular weight is 263 g/mol. The SMILES string of the molecule is CNC(=O)c1cc(Cl)c(C)c(S(N)(=O)=O)c1. The Balaban J connectivity index is 3.52. The highest BCUT2D eigenvalue weighted by molar-refractivity contribution is 7.89. The first kappa shape index (κ1) is 13.0. The number of carbonyl (C=O) groups excluding carboxylic acids is 1. The van der Waals surface area contributed by atoms with Crippen molar-refractivity contribution in [1.82, 2.24) is 5.32 Å². The standard InChI is InChI=1S/C9H11ClN2O3S/c1-5-7(10)3-6(9(13)12-2)4-8(5)16(11,14)15/h3-4H,1-2H3,(H,12,13)(H2,11,14,15). The molecule has 0 saturated carbocycles. The van der Waals surface area contributed by atoms with Crippen LogP contribution >= 0.6 is 11.6 Å². The molecule has 0 aliphatic carbocycles. The van der Waals surface area contributed by atoms with Crippen molar-refractivity contribution in [3.05, 3.63) is 28.3 Å². The van der Waals surface area contributed by atoms with Gasteiger partial charge in [-0.25, -0.2) is 13.6 Å². The molecule has 0 spiro atoms. The Labute approximate surface area is 98.6 Å². The normalized spacial score (nSPS) is 11.2. The van der Waals surface area contributed by atoms with E-state index in [2.05, 4.69) is 5.32 Å². The lowest BCUT2D eigenvalue weighted by atomic mass is 10.1. The van der Waals surface area contributed by atoms with Crippen LogP contribution in [-0.2, 0) is 10.0 Å². The van der Waals surface area contributed by atoms with Crippen molar-refractivity contribution in [3.63, 3.8) is 0 Å². The van der Waals surface area contributed by atoms with Crippen molar-refractivity contribution in [3.8, 4) is 0 Å². The Morgan fingerprint density at radius 1 is 1.44 bits per heavy atom. The van der Waals surface area contributed by atoms with Gasteiger partial charge in [-0.05, 0) is 24.6 Å². The van der Waals surface area contributed by atoms with Gasteiger partial charge in [0.2, 0.25) is 10.0 Å². The van der Waals surface area contributed by atoms with Crippen LogP contribution in [0.3, 0.4) is 0 Å². The molecule has 0 bridgehead atoms. The molecular weight excluding hydrogens is 252 g/mol. The van der Waals surface area contributed by atoms with Crippen molar-refractivity contribution < 1.29 is 13.2 Å². The Morgan fingerprint density at radius 3 is 2.44 bits per heavy atom. The Bertz CT molecular complexity index is 540. The third kappa shape index (κ3) is 2.52. The van der Waals surface area contributed by atoms with E-state index in [1.807, 2.05) is 0 Å². The number of sulfonamides is 1. The molecule has 0 atom stereocenters. The van der Waals surface area contributed by atoms with E-state index in [0.717, 1.165) is 0 Å². The van der Waals surface area contributed by atoms with Gasteiger partial charge in [-0.15, -0.1) is 0 Å². The van der Waals surface area contributed by atoms with Gasteiger partial charge in [-0.1, -0.05) is 11.6 Å². The van der Waals surface area contributed by atoms with Crippen LogP contribution in [0.1, 0.15) is 15.9 Å². The molecule has 88 valence electrons. The molecule has 1 rings (SSSR count). The molecule has 1 aromatic rings. The van der Waals surface area contributed by atoms with Crippen LogP contribution in [0, 0.1) is 6.92 Å². The number of rotatable bonds is 2. The molecule has 0 unspecified atom stereocenters. The van der Waals surface area contributed by atoms with E-state index in [9.17, 15) is 13.2 Å². The summed E-state index contributed by atoms with van der Waals surface area (Å²) in [5.41, 5.74) is 0.485. The molecule has 1 aromatic carbocycles. The molecule has 16 heavy (non-hydrogen) atoms. The Hall–Kier alpha value is -1.11. The largest absolute Gasteiger partial charge is 0.355 e. The van der Waals surface area contributed by atoms with Crippen LogP contribution in [0.2, 0.25) is 5.02 Å². The number of nitrogens with one attached hydrogen (secondary N) is 1. The zero-order chi connectivity index (χ0) is 12.5. The van der Waals surface area contributed by atoms with Crippen molar-refractivity contribution in [2.24, 2.45) is 5.14 Å². The molecule has 7 heteroatoms. The molecule has 1 amide bonds. The fourth-order valence-corrected chi connectivity index (χ4v) is 2.33. The molecule has 3 N–H and O–H groups in total. The smallest absolute Gasteiger partial charge is 0.251 e. The highest BCUT2D eigenvalue weighted by atomic mass is 35.5. The van der Waals surface area contributed by atoms with Gasteiger partial charge in [0.25, 0.3) is 5.91 Å². The molecule has 5 nitrogen and oxygen atoms in total. The highest BCUT2D eigenvalue weighted by Gasteiger charge is 2.17. The Morgan fingerprint density at radius 2 is 2.00 bits per heavy atom. The monoisotopic (exact) mass is 262 g/mol. The number of hydrogen-bond acceptors (Lipinski definition) is 3. The van der Waals surface area contributed by atoms with Crippen molar-refractivity contribution in [1.29, 1.82) is 0 Å². The van der Waals surface area contributed by atoms with E-state index in [0.29, 0.717) is 5.56 Å². The van der Waals surface area contributed by atoms with Gasteiger partial charge in [0.15, 0.2) is 0 Å². The summed E-state index contributed by atoms with van der Waals surface area (Å²) in [4.78, 5) is 11.2. The fraction of sp³-hybridized carbons (Fsp3) is 0.222. The fourth-order valence-electron chi connectivity index (χ4n) is 1.22. The van der Waals surface area contributed by atoms with Gasteiger partial charge in [0.1, 0.15) is 0 Å². The number of nitrogens with two attached hydrogens (primary N) is 1. The molecule has 0 fully saturated rings. The lowest BCUT2D eigenvalue weighted by Gasteiger charge is -2.08. The van der Waals surface area contributed by atoms with Gasteiger partial charge in [0, 0.05) is 17.6 Å². The molecule has 0 aromatic heterocycles. The number of benzene rings is 1. The van der Waals surface area contributed by atoms with Crippen LogP contribution in [0.5, 0.6) is 0 Å². The van der Waals surface area contributed by atoms with Crippen LogP contribution in [0.15, 0.2) is 17.0 Å². The maximum atomic E-state index is 11.4. The Kier molecular flexibility index (Phi) is 3.57. The first-order valence-electron chi connectivity index (χ1n) is 4.32. The molecule has 0 heterocycles. The number of carbonyl (C=O) groups is 1. The molecule has 0 aliphatic rings. The summed E-state index contributed by atoms with van der Waals surface area (Å²) in [7, 11) is -2.45.